The van der Waals surface area contributed by atoms with Crippen molar-refractivity contribution in [3.8, 4) is 5.75 Å². The molecule has 0 spiro atoms. The summed E-state index contributed by atoms with van der Waals surface area (Å²) in [6.45, 7) is 0.626. The van der Waals surface area contributed by atoms with Gasteiger partial charge in [-0.25, -0.2) is 0 Å². The molecule has 0 bridgehead atoms. The molecule has 0 aromatic heterocycles. The lowest BCUT2D eigenvalue weighted by molar-refractivity contribution is 0.0726. The summed E-state index contributed by atoms with van der Waals surface area (Å²) in [7, 11) is 1.60. The number of hydrogen-bond donors (Lipinski definition) is 0. The highest BCUT2D eigenvalue weighted by molar-refractivity contribution is 9.10. The van der Waals surface area contributed by atoms with Crippen LogP contribution in [0.15, 0.2) is 53.0 Å². The molecule has 0 aliphatic heterocycles. The van der Waals surface area contributed by atoms with E-state index in [1.807, 2.05) is 41.3 Å². The molecule has 4 heteroatoms. The lowest BCUT2D eigenvalue weighted by atomic mass is 10.1. The van der Waals surface area contributed by atoms with Gasteiger partial charge in [-0.1, -0.05) is 40.2 Å². The summed E-state index contributed by atoms with van der Waals surface area (Å²) in [5, 5.41) is 0. The largest absolute Gasteiger partial charge is 0.496 e. The molecule has 0 atom stereocenters. The van der Waals surface area contributed by atoms with Crippen LogP contribution in [0, 0.1) is 0 Å². The summed E-state index contributed by atoms with van der Waals surface area (Å²) in [6.07, 6.45) is 2.16. The number of carbonyl (C=O) groups is 1. The van der Waals surface area contributed by atoms with E-state index in [-0.39, 0.29) is 5.91 Å². The van der Waals surface area contributed by atoms with E-state index in [2.05, 4.69) is 28.1 Å². The number of benzene rings is 2. The molecule has 1 amide bonds. The molecule has 0 saturated heterocycles. The molecule has 3 rings (SSSR count). The normalized spacial score (nSPS) is 13.7. The van der Waals surface area contributed by atoms with Crippen molar-refractivity contribution in [1.82, 2.24) is 4.90 Å². The quantitative estimate of drug-likeness (QED) is 0.797. The highest BCUT2D eigenvalue weighted by atomic mass is 79.9. The van der Waals surface area contributed by atoms with Crippen LogP contribution < -0.4 is 4.74 Å². The van der Waals surface area contributed by atoms with Gasteiger partial charge in [0.15, 0.2) is 0 Å². The number of methoxy groups -OCH3 is 1. The van der Waals surface area contributed by atoms with Crippen molar-refractivity contribution >= 4 is 21.8 Å². The van der Waals surface area contributed by atoms with Crippen molar-refractivity contribution in [2.24, 2.45) is 0 Å². The highest BCUT2D eigenvalue weighted by Gasteiger charge is 2.34. The van der Waals surface area contributed by atoms with E-state index in [4.69, 9.17) is 4.74 Å². The number of ether oxygens (including phenoxy) is 1. The predicted molar refractivity (Wildman–Crippen MR) is 90.0 cm³/mol. The molecular formula is C18H18BrNO2. The molecule has 1 fully saturated rings. The molecule has 1 saturated carbocycles. The minimum atomic E-state index is 0.0416. The summed E-state index contributed by atoms with van der Waals surface area (Å²) in [4.78, 5) is 14.9. The number of halogens is 1. The van der Waals surface area contributed by atoms with E-state index in [1.165, 1.54) is 0 Å². The van der Waals surface area contributed by atoms with Crippen LogP contribution in [0.1, 0.15) is 28.8 Å². The lowest BCUT2D eigenvalue weighted by Gasteiger charge is -2.23. The van der Waals surface area contributed by atoms with Gasteiger partial charge >= 0.3 is 0 Å². The van der Waals surface area contributed by atoms with Crippen LogP contribution in [0.2, 0.25) is 0 Å². The van der Waals surface area contributed by atoms with Crippen molar-refractivity contribution in [2.75, 3.05) is 7.11 Å². The fourth-order valence-electron chi connectivity index (χ4n) is 2.56. The molecule has 114 valence electrons. The van der Waals surface area contributed by atoms with Gasteiger partial charge in [-0.2, -0.15) is 0 Å². The van der Waals surface area contributed by atoms with Crippen LogP contribution in [0.4, 0.5) is 0 Å². The first-order valence-electron chi connectivity index (χ1n) is 7.37. The molecule has 1 aliphatic carbocycles. The number of nitrogens with zero attached hydrogens (tertiary/aromatic N) is 1. The van der Waals surface area contributed by atoms with E-state index < -0.39 is 0 Å². The highest BCUT2D eigenvalue weighted by Crippen LogP contribution is 2.32. The zero-order valence-corrected chi connectivity index (χ0v) is 14.0. The second-order valence-corrected chi connectivity index (χ2v) is 6.41. The third-order valence-corrected chi connectivity index (χ3v) is 4.32. The molecule has 0 radical (unpaired) electrons. The van der Waals surface area contributed by atoms with E-state index in [1.54, 1.807) is 7.11 Å². The topological polar surface area (TPSA) is 29.5 Å². The fourth-order valence-corrected chi connectivity index (χ4v) is 3.01. The van der Waals surface area contributed by atoms with Crippen LogP contribution >= 0.6 is 15.9 Å². The monoisotopic (exact) mass is 359 g/mol. The number of carbonyl (C=O) groups excluding carboxylic acids is 1. The van der Waals surface area contributed by atoms with E-state index in [9.17, 15) is 4.79 Å². The van der Waals surface area contributed by atoms with E-state index >= 15 is 0 Å². The van der Waals surface area contributed by atoms with Gasteiger partial charge < -0.3 is 9.64 Å². The Morgan fingerprint density at radius 2 is 2.00 bits per heavy atom. The van der Waals surface area contributed by atoms with Gasteiger partial charge in [-0.3, -0.25) is 4.79 Å². The Balaban J connectivity index is 1.86. The van der Waals surface area contributed by atoms with Crippen molar-refractivity contribution < 1.29 is 9.53 Å². The van der Waals surface area contributed by atoms with Gasteiger partial charge in [0, 0.05) is 17.1 Å². The van der Waals surface area contributed by atoms with Crippen LogP contribution in [0.3, 0.4) is 0 Å². The maximum Gasteiger partial charge on any atom is 0.258 e. The predicted octanol–water partition coefficient (Wildman–Crippen LogP) is 4.26. The number of para-hydroxylation sites is 1. The maximum absolute atomic E-state index is 12.9. The van der Waals surface area contributed by atoms with E-state index in [0.29, 0.717) is 23.9 Å². The minimum Gasteiger partial charge on any atom is -0.496 e. The molecule has 0 N–H and O–H groups in total. The summed E-state index contributed by atoms with van der Waals surface area (Å²) in [6, 6.07) is 15.9. The zero-order valence-electron chi connectivity index (χ0n) is 12.5. The van der Waals surface area contributed by atoms with Gasteiger partial charge in [0.1, 0.15) is 5.75 Å². The van der Waals surface area contributed by atoms with Crippen molar-refractivity contribution in [3.63, 3.8) is 0 Å². The van der Waals surface area contributed by atoms with Gasteiger partial charge in [0.25, 0.3) is 5.91 Å². The first-order chi connectivity index (χ1) is 10.7. The summed E-state index contributed by atoms with van der Waals surface area (Å²) < 4.78 is 6.36. The van der Waals surface area contributed by atoms with Crippen LogP contribution in [-0.2, 0) is 6.54 Å². The molecule has 0 heterocycles. The Morgan fingerprint density at radius 1 is 1.23 bits per heavy atom. The Morgan fingerprint density at radius 3 is 2.68 bits per heavy atom. The Bertz CT molecular complexity index is 682. The smallest absolute Gasteiger partial charge is 0.258 e. The lowest BCUT2D eigenvalue weighted by Crippen LogP contribution is -2.32. The number of amides is 1. The SMILES string of the molecule is COc1ccccc1C(=O)N(Cc1cccc(Br)c1)C1CC1. The molecule has 22 heavy (non-hydrogen) atoms. The molecule has 1 aliphatic rings. The van der Waals surface area contributed by atoms with Crippen molar-refractivity contribution in [3.05, 3.63) is 64.1 Å². The van der Waals surface area contributed by atoms with Gasteiger partial charge in [-0.05, 0) is 42.7 Å². The molecular weight excluding hydrogens is 342 g/mol. The average Bonchev–Trinajstić information content (AvgIpc) is 3.37. The minimum absolute atomic E-state index is 0.0416. The van der Waals surface area contributed by atoms with Gasteiger partial charge in [0.2, 0.25) is 0 Å². The van der Waals surface area contributed by atoms with Crippen molar-refractivity contribution in [2.45, 2.75) is 25.4 Å². The second kappa shape index (κ2) is 6.53. The first kappa shape index (κ1) is 15.1. The molecule has 3 nitrogen and oxygen atoms in total. The summed E-state index contributed by atoms with van der Waals surface area (Å²) >= 11 is 3.49. The Kier molecular flexibility index (Phi) is 4.48. The summed E-state index contributed by atoms with van der Waals surface area (Å²) in [5.41, 5.74) is 1.76. The molecule has 2 aromatic rings. The van der Waals surface area contributed by atoms with E-state index in [0.717, 1.165) is 22.9 Å². The van der Waals surface area contributed by atoms with Gasteiger partial charge in [-0.15, -0.1) is 0 Å². The molecule has 2 aromatic carbocycles. The third kappa shape index (κ3) is 3.33. The van der Waals surface area contributed by atoms with Crippen LogP contribution in [-0.4, -0.2) is 24.0 Å². The van der Waals surface area contributed by atoms with Crippen molar-refractivity contribution in [1.29, 1.82) is 0 Å². The third-order valence-electron chi connectivity index (χ3n) is 3.83. The Labute approximate surface area is 139 Å². The maximum atomic E-state index is 12.9. The summed E-state index contributed by atoms with van der Waals surface area (Å²) in [5.74, 6) is 0.673. The van der Waals surface area contributed by atoms with Crippen LogP contribution in [0.25, 0.3) is 0 Å². The zero-order chi connectivity index (χ0) is 15.5. The number of hydrogen-bond acceptors (Lipinski definition) is 2. The van der Waals surface area contributed by atoms with Crippen LogP contribution in [0.5, 0.6) is 5.75 Å². The average molecular weight is 360 g/mol. The molecule has 0 unspecified atom stereocenters. The first-order valence-corrected chi connectivity index (χ1v) is 8.17. The van der Waals surface area contributed by atoms with Gasteiger partial charge in [0.05, 0.1) is 12.7 Å². The second-order valence-electron chi connectivity index (χ2n) is 5.49. The number of rotatable bonds is 5. The standard InChI is InChI=1S/C18H18BrNO2/c1-22-17-8-3-2-7-16(17)18(21)20(15-9-10-15)12-13-5-4-6-14(19)11-13/h2-8,11,15H,9-10,12H2,1H3. The fraction of sp³-hybridized carbons (Fsp3) is 0.278. The Hall–Kier alpha value is -1.81.